The Morgan fingerprint density at radius 3 is 2.52 bits per heavy atom. The molecule has 6 heteroatoms. The van der Waals surface area contributed by atoms with E-state index in [1.165, 1.54) is 0 Å². The predicted molar refractivity (Wildman–Crippen MR) is 99.1 cm³/mol. The fraction of sp³-hybridized carbons (Fsp3) is 0.316. The SMILES string of the molecule is COc1ccc(NC(=O)CCCOc2ccc(Cl)c(C)c2)c(OC)c1. The molecule has 0 fully saturated rings. The van der Waals surface area contributed by atoms with Gasteiger partial charge in [-0.05, 0) is 49.2 Å². The third-order valence-corrected chi connectivity index (χ3v) is 4.05. The number of carbonyl (C=O) groups excluding carboxylic acids is 1. The molecule has 0 heterocycles. The largest absolute Gasteiger partial charge is 0.497 e. The highest BCUT2D eigenvalue weighted by Gasteiger charge is 2.09. The van der Waals surface area contributed by atoms with Crippen LogP contribution in [0.3, 0.4) is 0 Å². The average Bonchev–Trinajstić information content (AvgIpc) is 2.62. The van der Waals surface area contributed by atoms with Crippen LogP contribution in [0.5, 0.6) is 17.2 Å². The Labute approximate surface area is 152 Å². The highest BCUT2D eigenvalue weighted by molar-refractivity contribution is 6.31. The molecule has 0 radical (unpaired) electrons. The topological polar surface area (TPSA) is 56.8 Å². The fourth-order valence-corrected chi connectivity index (χ4v) is 2.36. The van der Waals surface area contributed by atoms with E-state index in [1.807, 2.05) is 19.1 Å². The monoisotopic (exact) mass is 363 g/mol. The maximum Gasteiger partial charge on any atom is 0.224 e. The normalized spacial score (nSPS) is 10.2. The smallest absolute Gasteiger partial charge is 0.224 e. The van der Waals surface area contributed by atoms with Gasteiger partial charge in [-0.1, -0.05) is 11.6 Å². The lowest BCUT2D eigenvalue weighted by Gasteiger charge is -2.12. The van der Waals surface area contributed by atoms with Gasteiger partial charge >= 0.3 is 0 Å². The first-order valence-corrected chi connectivity index (χ1v) is 8.32. The van der Waals surface area contributed by atoms with Crippen LogP contribution in [0.4, 0.5) is 5.69 Å². The first-order chi connectivity index (χ1) is 12.0. The van der Waals surface area contributed by atoms with Crippen molar-refractivity contribution in [2.75, 3.05) is 26.1 Å². The molecule has 0 unspecified atom stereocenters. The quantitative estimate of drug-likeness (QED) is 0.703. The van der Waals surface area contributed by atoms with E-state index >= 15 is 0 Å². The van der Waals surface area contributed by atoms with Crippen molar-refractivity contribution < 1.29 is 19.0 Å². The van der Waals surface area contributed by atoms with Crippen molar-refractivity contribution in [3.8, 4) is 17.2 Å². The lowest BCUT2D eigenvalue weighted by atomic mass is 10.2. The Balaban J connectivity index is 1.80. The van der Waals surface area contributed by atoms with Gasteiger partial charge in [-0.2, -0.15) is 0 Å². The molecule has 0 aromatic heterocycles. The zero-order valence-electron chi connectivity index (χ0n) is 14.6. The Morgan fingerprint density at radius 2 is 1.84 bits per heavy atom. The molecule has 2 aromatic rings. The third kappa shape index (κ3) is 5.57. The summed E-state index contributed by atoms with van der Waals surface area (Å²) in [6, 6.07) is 10.7. The average molecular weight is 364 g/mol. The molecule has 2 rings (SSSR count). The van der Waals surface area contributed by atoms with Crippen LogP contribution in [0, 0.1) is 6.92 Å². The van der Waals surface area contributed by atoms with Crippen molar-refractivity contribution in [3.63, 3.8) is 0 Å². The third-order valence-electron chi connectivity index (χ3n) is 3.63. The number of hydrogen-bond donors (Lipinski definition) is 1. The molecule has 0 aliphatic carbocycles. The molecule has 134 valence electrons. The standard InChI is InChI=1S/C19H22ClNO4/c1-13-11-15(6-8-16(13)20)25-10-4-5-19(22)21-17-9-7-14(23-2)12-18(17)24-3/h6-9,11-12H,4-5,10H2,1-3H3,(H,21,22). The van der Waals surface area contributed by atoms with Crippen molar-refractivity contribution in [2.45, 2.75) is 19.8 Å². The van der Waals surface area contributed by atoms with Crippen LogP contribution >= 0.6 is 11.6 Å². The Morgan fingerprint density at radius 1 is 1.08 bits per heavy atom. The maximum atomic E-state index is 12.1. The molecule has 25 heavy (non-hydrogen) atoms. The number of benzene rings is 2. The first kappa shape index (κ1) is 18.9. The number of carbonyl (C=O) groups is 1. The van der Waals surface area contributed by atoms with E-state index in [2.05, 4.69) is 5.32 Å². The molecule has 1 N–H and O–H groups in total. The van der Waals surface area contributed by atoms with Gasteiger partial charge in [-0.25, -0.2) is 0 Å². The highest BCUT2D eigenvalue weighted by atomic mass is 35.5. The Bertz CT molecular complexity index is 733. The molecule has 2 aromatic carbocycles. The molecule has 5 nitrogen and oxygen atoms in total. The second-order valence-corrected chi connectivity index (χ2v) is 5.88. The van der Waals surface area contributed by atoms with Crippen LogP contribution in [0.25, 0.3) is 0 Å². The number of ether oxygens (including phenoxy) is 3. The van der Waals surface area contributed by atoms with E-state index in [0.717, 1.165) is 11.3 Å². The minimum absolute atomic E-state index is 0.0978. The molecular weight excluding hydrogens is 342 g/mol. The summed E-state index contributed by atoms with van der Waals surface area (Å²) >= 11 is 5.98. The van der Waals surface area contributed by atoms with Crippen LogP contribution in [0.15, 0.2) is 36.4 Å². The summed E-state index contributed by atoms with van der Waals surface area (Å²) in [5.74, 6) is 1.88. The minimum atomic E-state index is -0.0978. The predicted octanol–water partition coefficient (Wildman–Crippen LogP) is 4.46. The van der Waals surface area contributed by atoms with E-state index < -0.39 is 0 Å². The summed E-state index contributed by atoms with van der Waals surface area (Å²) in [4.78, 5) is 12.1. The molecule has 0 saturated heterocycles. The van der Waals surface area contributed by atoms with Crippen LogP contribution in [-0.4, -0.2) is 26.7 Å². The first-order valence-electron chi connectivity index (χ1n) is 7.94. The summed E-state index contributed by atoms with van der Waals surface area (Å²) in [6.07, 6.45) is 0.952. The van der Waals surface area contributed by atoms with Gasteiger partial charge in [-0.3, -0.25) is 4.79 Å². The number of methoxy groups -OCH3 is 2. The Hall–Kier alpha value is -2.40. The Kier molecular flexibility index (Phi) is 6.95. The van der Waals surface area contributed by atoms with Crippen LogP contribution in [0.1, 0.15) is 18.4 Å². The molecule has 0 bridgehead atoms. The van der Waals surface area contributed by atoms with E-state index in [1.54, 1.807) is 38.5 Å². The van der Waals surface area contributed by atoms with E-state index in [4.69, 9.17) is 25.8 Å². The zero-order chi connectivity index (χ0) is 18.2. The zero-order valence-corrected chi connectivity index (χ0v) is 15.4. The van der Waals surface area contributed by atoms with Crippen LogP contribution < -0.4 is 19.5 Å². The van der Waals surface area contributed by atoms with E-state index in [0.29, 0.717) is 41.7 Å². The maximum absolute atomic E-state index is 12.1. The van der Waals surface area contributed by atoms with Crippen molar-refractivity contribution in [2.24, 2.45) is 0 Å². The van der Waals surface area contributed by atoms with Gasteiger partial charge in [0.05, 0.1) is 26.5 Å². The number of anilines is 1. The number of hydrogen-bond acceptors (Lipinski definition) is 4. The van der Waals surface area contributed by atoms with Gasteiger partial charge < -0.3 is 19.5 Å². The van der Waals surface area contributed by atoms with Gasteiger partial charge in [0, 0.05) is 17.5 Å². The van der Waals surface area contributed by atoms with Gasteiger partial charge in [-0.15, -0.1) is 0 Å². The number of aryl methyl sites for hydroxylation is 1. The minimum Gasteiger partial charge on any atom is -0.497 e. The van der Waals surface area contributed by atoms with Crippen molar-refractivity contribution in [3.05, 3.63) is 47.0 Å². The van der Waals surface area contributed by atoms with Crippen LogP contribution in [0.2, 0.25) is 5.02 Å². The number of amides is 1. The van der Waals surface area contributed by atoms with Gasteiger partial charge in [0.1, 0.15) is 17.2 Å². The summed E-state index contributed by atoms with van der Waals surface area (Å²) < 4.78 is 16.0. The van der Waals surface area contributed by atoms with Gasteiger partial charge in [0.15, 0.2) is 0 Å². The molecular formula is C19H22ClNO4. The molecule has 0 spiro atoms. The number of halogens is 1. The lowest BCUT2D eigenvalue weighted by molar-refractivity contribution is -0.116. The number of rotatable bonds is 8. The number of nitrogens with one attached hydrogen (secondary N) is 1. The van der Waals surface area contributed by atoms with Crippen molar-refractivity contribution in [1.82, 2.24) is 0 Å². The lowest BCUT2D eigenvalue weighted by Crippen LogP contribution is -2.13. The molecule has 0 aliphatic rings. The molecule has 0 atom stereocenters. The summed E-state index contributed by atoms with van der Waals surface area (Å²) in [5, 5.41) is 3.54. The van der Waals surface area contributed by atoms with Gasteiger partial charge in [0.2, 0.25) is 5.91 Å². The van der Waals surface area contributed by atoms with Crippen LogP contribution in [-0.2, 0) is 4.79 Å². The second-order valence-electron chi connectivity index (χ2n) is 5.48. The van der Waals surface area contributed by atoms with E-state index in [-0.39, 0.29) is 5.91 Å². The fourth-order valence-electron chi connectivity index (χ4n) is 2.24. The molecule has 0 aliphatic heterocycles. The molecule has 1 amide bonds. The second kappa shape index (κ2) is 9.18. The van der Waals surface area contributed by atoms with Crippen molar-refractivity contribution >= 4 is 23.2 Å². The molecule has 0 saturated carbocycles. The summed E-state index contributed by atoms with van der Waals surface area (Å²) in [5.41, 5.74) is 1.58. The highest BCUT2D eigenvalue weighted by Crippen LogP contribution is 2.29. The van der Waals surface area contributed by atoms with Gasteiger partial charge in [0.25, 0.3) is 0 Å². The van der Waals surface area contributed by atoms with E-state index in [9.17, 15) is 4.79 Å². The van der Waals surface area contributed by atoms with Crippen molar-refractivity contribution in [1.29, 1.82) is 0 Å². The summed E-state index contributed by atoms with van der Waals surface area (Å²) in [7, 11) is 3.13. The summed E-state index contributed by atoms with van der Waals surface area (Å²) in [6.45, 7) is 2.37.